The predicted octanol–water partition coefficient (Wildman–Crippen LogP) is 1.27. The minimum absolute atomic E-state index is 0.464. The lowest BCUT2D eigenvalue weighted by atomic mass is 10.1. The fourth-order valence-corrected chi connectivity index (χ4v) is 1.76. The number of rotatable bonds is 3. The molecule has 0 spiro atoms. The normalized spacial score (nSPS) is 10.4. The number of hydrogen-bond acceptors (Lipinski definition) is 5. The van der Waals surface area contributed by atoms with Crippen LogP contribution in [0.3, 0.4) is 0 Å². The molecular weight excluding hydrogens is 232 g/mol. The molecule has 1 aromatic heterocycles. The summed E-state index contributed by atoms with van der Waals surface area (Å²) in [4.78, 5) is 0. The first-order chi connectivity index (χ1) is 8.58. The Balaban J connectivity index is 2.61. The lowest BCUT2D eigenvalue weighted by molar-refractivity contribution is 0.399. The summed E-state index contributed by atoms with van der Waals surface area (Å²) in [6.07, 6.45) is 1.69. The molecule has 0 radical (unpaired) electrons. The second kappa shape index (κ2) is 4.48. The summed E-state index contributed by atoms with van der Waals surface area (Å²) in [6.45, 7) is 0. The van der Waals surface area contributed by atoms with Crippen molar-refractivity contribution in [2.45, 2.75) is 0 Å². The summed E-state index contributed by atoms with van der Waals surface area (Å²) in [5.41, 5.74) is 14.0. The zero-order valence-corrected chi connectivity index (χ0v) is 10.6. The minimum atomic E-state index is 0.464. The quantitative estimate of drug-likeness (QED) is 0.798. The van der Waals surface area contributed by atoms with Crippen molar-refractivity contribution < 1.29 is 9.47 Å². The third-order valence-electron chi connectivity index (χ3n) is 2.84. The maximum atomic E-state index is 5.94. The van der Waals surface area contributed by atoms with E-state index in [2.05, 4.69) is 5.10 Å². The number of nitrogens with two attached hydrogens (primary N) is 2. The van der Waals surface area contributed by atoms with Crippen LogP contribution >= 0.6 is 0 Å². The van der Waals surface area contributed by atoms with Crippen molar-refractivity contribution in [1.82, 2.24) is 9.78 Å². The van der Waals surface area contributed by atoms with E-state index >= 15 is 0 Å². The maximum absolute atomic E-state index is 5.94. The second-order valence-electron chi connectivity index (χ2n) is 3.86. The summed E-state index contributed by atoms with van der Waals surface area (Å²) in [6, 6.07) is 3.62. The number of anilines is 2. The smallest absolute Gasteiger partial charge is 0.146 e. The summed E-state index contributed by atoms with van der Waals surface area (Å²) < 4.78 is 12.0. The highest BCUT2D eigenvalue weighted by Gasteiger charge is 2.14. The van der Waals surface area contributed by atoms with Crippen LogP contribution in [0.15, 0.2) is 18.3 Å². The number of ether oxygens (including phenoxy) is 2. The summed E-state index contributed by atoms with van der Waals surface area (Å²) in [7, 11) is 4.90. The van der Waals surface area contributed by atoms with E-state index in [4.69, 9.17) is 20.9 Å². The Kier molecular flexibility index (Phi) is 3.01. The number of benzene rings is 1. The predicted molar refractivity (Wildman–Crippen MR) is 70.6 cm³/mol. The van der Waals surface area contributed by atoms with Gasteiger partial charge in [-0.1, -0.05) is 0 Å². The first kappa shape index (κ1) is 12.1. The molecule has 0 amide bonds. The minimum Gasteiger partial charge on any atom is -0.494 e. The van der Waals surface area contributed by atoms with E-state index in [1.807, 2.05) is 12.1 Å². The van der Waals surface area contributed by atoms with Gasteiger partial charge in [0.25, 0.3) is 0 Å². The van der Waals surface area contributed by atoms with Gasteiger partial charge in [0.1, 0.15) is 23.0 Å². The zero-order chi connectivity index (χ0) is 13.3. The topological polar surface area (TPSA) is 88.3 Å². The Labute approximate surface area is 105 Å². The molecule has 0 atom stereocenters. The van der Waals surface area contributed by atoms with E-state index in [1.54, 1.807) is 32.1 Å². The molecule has 0 bridgehead atoms. The van der Waals surface area contributed by atoms with Crippen molar-refractivity contribution in [1.29, 1.82) is 0 Å². The Hall–Kier alpha value is -2.37. The van der Waals surface area contributed by atoms with E-state index in [0.717, 1.165) is 11.1 Å². The standard InChI is InChI=1S/C12H16N4O2/c1-16-12(14)8(6-15-16)7-4-9(17-2)11(13)10(5-7)18-3/h4-6H,13-14H2,1-3H3. The van der Waals surface area contributed by atoms with E-state index in [0.29, 0.717) is 23.0 Å². The van der Waals surface area contributed by atoms with Crippen LogP contribution in [0.1, 0.15) is 0 Å². The molecule has 4 N–H and O–H groups in total. The molecular formula is C12H16N4O2. The van der Waals surface area contributed by atoms with Crippen molar-refractivity contribution in [2.24, 2.45) is 7.05 Å². The molecule has 0 aliphatic carbocycles. The van der Waals surface area contributed by atoms with Crippen molar-refractivity contribution >= 4 is 11.5 Å². The van der Waals surface area contributed by atoms with Crippen LogP contribution in [0.4, 0.5) is 11.5 Å². The maximum Gasteiger partial charge on any atom is 0.146 e. The molecule has 0 aliphatic heterocycles. The highest BCUT2D eigenvalue weighted by atomic mass is 16.5. The van der Waals surface area contributed by atoms with Gasteiger partial charge in [-0.2, -0.15) is 5.10 Å². The molecule has 2 aromatic rings. The number of nitrogens with zero attached hydrogens (tertiary/aromatic N) is 2. The van der Waals surface area contributed by atoms with E-state index in [9.17, 15) is 0 Å². The van der Waals surface area contributed by atoms with Gasteiger partial charge in [0.15, 0.2) is 0 Å². The number of aromatic nitrogens is 2. The Bertz CT molecular complexity index is 552. The summed E-state index contributed by atoms with van der Waals surface area (Å²) >= 11 is 0. The van der Waals surface area contributed by atoms with Crippen molar-refractivity contribution in [2.75, 3.05) is 25.7 Å². The van der Waals surface area contributed by atoms with Gasteiger partial charge in [-0.05, 0) is 17.7 Å². The average molecular weight is 248 g/mol. The molecule has 6 nitrogen and oxygen atoms in total. The molecule has 0 saturated heterocycles. The number of hydrogen-bond donors (Lipinski definition) is 2. The second-order valence-corrected chi connectivity index (χ2v) is 3.86. The Morgan fingerprint density at radius 2 is 1.67 bits per heavy atom. The molecule has 1 heterocycles. The molecule has 6 heteroatoms. The molecule has 18 heavy (non-hydrogen) atoms. The van der Waals surface area contributed by atoms with Crippen molar-refractivity contribution in [3.8, 4) is 22.6 Å². The zero-order valence-electron chi connectivity index (χ0n) is 10.6. The average Bonchev–Trinajstić information content (AvgIpc) is 2.70. The van der Waals surface area contributed by atoms with Gasteiger partial charge < -0.3 is 20.9 Å². The lowest BCUT2D eigenvalue weighted by Gasteiger charge is -2.12. The fourth-order valence-electron chi connectivity index (χ4n) is 1.76. The first-order valence-electron chi connectivity index (χ1n) is 5.37. The molecule has 96 valence electrons. The van der Waals surface area contributed by atoms with Crippen molar-refractivity contribution in [3.05, 3.63) is 18.3 Å². The van der Waals surface area contributed by atoms with Gasteiger partial charge in [0.05, 0.1) is 20.4 Å². The van der Waals surface area contributed by atoms with E-state index in [1.165, 1.54) is 0 Å². The number of nitrogen functional groups attached to an aromatic ring is 2. The molecule has 0 saturated carbocycles. The lowest BCUT2D eigenvalue weighted by Crippen LogP contribution is -1.99. The third-order valence-corrected chi connectivity index (χ3v) is 2.84. The van der Waals surface area contributed by atoms with E-state index < -0.39 is 0 Å². The van der Waals surface area contributed by atoms with Gasteiger partial charge in [-0.3, -0.25) is 4.68 Å². The van der Waals surface area contributed by atoms with Gasteiger partial charge in [0, 0.05) is 12.6 Å². The third kappa shape index (κ3) is 1.81. The van der Waals surface area contributed by atoms with Crippen LogP contribution in [0.2, 0.25) is 0 Å². The Morgan fingerprint density at radius 1 is 1.11 bits per heavy atom. The highest BCUT2D eigenvalue weighted by molar-refractivity contribution is 5.80. The van der Waals surface area contributed by atoms with Crippen LogP contribution in [0.5, 0.6) is 11.5 Å². The molecule has 0 unspecified atom stereocenters. The largest absolute Gasteiger partial charge is 0.494 e. The fraction of sp³-hybridized carbons (Fsp3) is 0.250. The number of methoxy groups -OCH3 is 2. The number of aryl methyl sites for hydroxylation is 1. The van der Waals surface area contributed by atoms with Crippen LogP contribution in [-0.2, 0) is 7.05 Å². The molecule has 2 rings (SSSR count). The molecule has 0 aliphatic rings. The summed E-state index contributed by atoms with van der Waals surface area (Å²) in [5.74, 6) is 1.67. The molecule has 1 aromatic carbocycles. The first-order valence-corrected chi connectivity index (χ1v) is 5.37. The van der Waals surface area contributed by atoms with Crippen LogP contribution < -0.4 is 20.9 Å². The Morgan fingerprint density at radius 3 is 2.06 bits per heavy atom. The van der Waals surface area contributed by atoms with Crippen LogP contribution in [-0.4, -0.2) is 24.0 Å². The van der Waals surface area contributed by atoms with Gasteiger partial charge in [0.2, 0.25) is 0 Å². The molecule has 0 fully saturated rings. The van der Waals surface area contributed by atoms with E-state index in [-0.39, 0.29) is 0 Å². The monoisotopic (exact) mass is 248 g/mol. The van der Waals surface area contributed by atoms with Crippen molar-refractivity contribution in [3.63, 3.8) is 0 Å². The van der Waals surface area contributed by atoms with Gasteiger partial charge in [-0.15, -0.1) is 0 Å². The van der Waals surface area contributed by atoms with Crippen LogP contribution in [0, 0.1) is 0 Å². The summed E-state index contributed by atoms with van der Waals surface area (Å²) in [5, 5.41) is 4.10. The highest BCUT2D eigenvalue weighted by Crippen LogP contribution is 2.38. The van der Waals surface area contributed by atoms with Crippen LogP contribution in [0.25, 0.3) is 11.1 Å². The van der Waals surface area contributed by atoms with Gasteiger partial charge in [-0.25, -0.2) is 0 Å². The SMILES string of the molecule is COc1cc(-c2cnn(C)c2N)cc(OC)c1N. The van der Waals surface area contributed by atoms with Gasteiger partial charge >= 0.3 is 0 Å².